The topological polar surface area (TPSA) is 56.8 Å². The zero-order valence-electron chi connectivity index (χ0n) is 9.64. The molecule has 0 atom stereocenters. The SMILES string of the molecule is CN(C)P(=O)(N(C)C)N(C)C.[K+].[OH-]. The van der Waals surface area contributed by atoms with Crippen LogP contribution in [-0.2, 0) is 4.57 Å². The Bertz CT molecular complexity index is 147. The number of hydrogen-bond acceptors (Lipinski definition) is 2. The van der Waals surface area contributed by atoms with Crippen molar-refractivity contribution in [2.45, 2.75) is 0 Å². The van der Waals surface area contributed by atoms with E-state index in [1.54, 1.807) is 14.0 Å². The molecule has 0 saturated heterocycles. The van der Waals surface area contributed by atoms with Gasteiger partial charge in [0.15, 0.2) is 0 Å². The van der Waals surface area contributed by atoms with Gasteiger partial charge >= 0.3 is 51.4 Å². The third-order valence-electron chi connectivity index (χ3n) is 1.56. The van der Waals surface area contributed by atoms with Crippen LogP contribution in [0.3, 0.4) is 0 Å². The molecule has 0 fully saturated rings. The summed E-state index contributed by atoms with van der Waals surface area (Å²) in [5.41, 5.74) is 0. The molecule has 1 N–H and O–H groups in total. The van der Waals surface area contributed by atoms with Crippen molar-refractivity contribution in [1.29, 1.82) is 0 Å². The van der Waals surface area contributed by atoms with E-state index in [2.05, 4.69) is 0 Å². The summed E-state index contributed by atoms with van der Waals surface area (Å²) >= 11 is 0. The minimum atomic E-state index is -2.44. The van der Waals surface area contributed by atoms with Crippen molar-refractivity contribution in [1.82, 2.24) is 14.0 Å². The van der Waals surface area contributed by atoms with Crippen molar-refractivity contribution in [3.05, 3.63) is 0 Å². The second-order valence-corrected chi connectivity index (χ2v) is 6.48. The fourth-order valence-corrected chi connectivity index (χ4v) is 3.22. The molecule has 0 aliphatic carbocycles. The Labute approximate surface area is 124 Å². The third kappa shape index (κ3) is 4.84. The Morgan fingerprint density at radius 2 is 0.923 bits per heavy atom. The van der Waals surface area contributed by atoms with Gasteiger partial charge in [0.05, 0.1) is 0 Å². The van der Waals surface area contributed by atoms with Crippen LogP contribution >= 0.6 is 7.59 Å². The van der Waals surface area contributed by atoms with Crippen molar-refractivity contribution in [2.24, 2.45) is 0 Å². The van der Waals surface area contributed by atoms with E-state index in [4.69, 9.17) is 0 Å². The molecule has 0 aliphatic rings. The van der Waals surface area contributed by atoms with Gasteiger partial charge < -0.3 is 5.48 Å². The maximum atomic E-state index is 12.1. The fraction of sp³-hybridized carbons (Fsp3) is 1.00. The molecule has 0 heterocycles. The fourth-order valence-electron chi connectivity index (χ4n) is 1.07. The summed E-state index contributed by atoms with van der Waals surface area (Å²) < 4.78 is 17.3. The molecule has 0 amide bonds. The molecule has 7 heteroatoms. The summed E-state index contributed by atoms with van der Waals surface area (Å²) in [5, 5.41) is 0. The van der Waals surface area contributed by atoms with Crippen LogP contribution in [0.25, 0.3) is 0 Å². The molecule has 0 aromatic rings. The molecule has 0 spiro atoms. The summed E-state index contributed by atoms with van der Waals surface area (Å²) in [6.45, 7) is 0. The maximum absolute atomic E-state index is 12.1. The number of rotatable bonds is 3. The van der Waals surface area contributed by atoms with Gasteiger partial charge in [0, 0.05) is 0 Å². The Hall–Kier alpha value is 1.71. The van der Waals surface area contributed by atoms with Crippen molar-refractivity contribution in [3.8, 4) is 0 Å². The Kier molecular flexibility index (Phi) is 12.3. The van der Waals surface area contributed by atoms with Crippen LogP contribution in [0.4, 0.5) is 0 Å². The molecule has 0 bridgehead atoms. The van der Waals surface area contributed by atoms with Gasteiger partial charge in [-0.15, -0.1) is 0 Å². The molecular weight excluding hydrogens is 216 g/mol. The first-order chi connectivity index (χ1) is 4.83. The van der Waals surface area contributed by atoms with Crippen LogP contribution in [0.2, 0.25) is 0 Å². The molecular formula is C6H19KN3O2P. The van der Waals surface area contributed by atoms with E-state index in [-0.39, 0.29) is 56.9 Å². The van der Waals surface area contributed by atoms with E-state index in [0.717, 1.165) is 0 Å². The molecule has 0 rings (SSSR count). The average Bonchev–Trinajstić information content (AvgIpc) is 1.84. The number of nitrogens with zero attached hydrogens (tertiary/aromatic N) is 3. The normalized spacial score (nSPS) is 11.5. The van der Waals surface area contributed by atoms with E-state index >= 15 is 0 Å². The van der Waals surface area contributed by atoms with Crippen LogP contribution < -0.4 is 51.4 Å². The zero-order chi connectivity index (χ0) is 9.23. The molecule has 0 saturated carbocycles. The molecule has 0 radical (unpaired) electrons. The van der Waals surface area contributed by atoms with Crippen LogP contribution in [0.15, 0.2) is 0 Å². The van der Waals surface area contributed by atoms with Gasteiger partial charge in [-0.25, -0.2) is 14.0 Å². The van der Waals surface area contributed by atoms with E-state index in [1.165, 1.54) is 0 Å². The van der Waals surface area contributed by atoms with Crippen molar-refractivity contribution >= 4 is 7.59 Å². The Morgan fingerprint density at radius 3 is 0.923 bits per heavy atom. The zero-order valence-corrected chi connectivity index (χ0v) is 13.7. The van der Waals surface area contributed by atoms with Crippen molar-refractivity contribution < 1.29 is 61.4 Å². The largest absolute Gasteiger partial charge is 1.00 e. The van der Waals surface area contributed by atoms with Crippen LogP contribution in [-0.4, -0.2) is 61.8 Å². The second kappa shape index (κ2) is 7.93. The quantitative estimate of drug-likeness (QED) is 0.403. The minimum absolute atomic E-state index is 0. The van der Waals surface area contributed by atoms with Gasteiger partial charge in [-0.3, -0.25) is 4.57 Å². The predicted octanol–water partition coefficient (Wildman–Crippen LogP) is -2.39. The molecule has 76 valence electrons. The van der Waals surface area contributed by atoms with Crippen molar-refractivity contribution in [2.75, 3.05) is 42.3 Å². The summed E-state index contributed by atoms with van der Waals surface area (Å²) in [4.78, 5) is 0. The second-order valence-electron chi connectivity index (χ2n) is 3.05. The smallest absolute Gasteiger partial charge is 0.870 e. The van der Waals surface area contributed by atoms with Gasteiger partial charge in [-0.2, -0.15) is 0 Å². The minimum Gasteiger partial charge on any atom is -0.870 e. The van der Waals surface area contributed by atoms with Crippen LogP contribution in [0.5, 0.6) is 0 Å². The summed E-state index contributed by atoms with van der Waals surface area (Å²) in [7, 11) is 8.49. The van der Waals surface area contributed by atoms with Crippen LogP contribution in [0, 0.1) is 0 Å². The average molecular weight is 235 g/mol. The predicted molar refractivity (Wildman–Crippen MR) is 50.6 cm³/mol. The van der Waals surface area contributed by atoms with E-state index in [1.807, 2.05) is 42.3 Å². The molecule has 0 aromatic heterocycles. The molecule has 5 nitrogen and oxygen atoms in total. The van der Waals surface area contributed by atoms with Gasteiger partial charge in [0.25, 0.3) is 7.59 Å². The molecule has 0 unspecified atom stereocenters. The standard InChI is InChI=1S/C6H18N3OP.K.H2O/c1-7(2)11(10,8(3)4)9(5)6;;/h1-6H3;;1H2/q;+1;/p-1. The first-order valence-corrected chi connectivity index (χ1v) is 5.03. The van der Waals surface area contributed by atoms with Gasteiger partial charge in [0.1, 0.15) is 0 Å². The van der Waals surface area contributed by atoms with Crippen molar-refractivity contribution in [3.63, 3.8) is 0 Å². The maximum Gasteiger partial charge on any atom is 1.00 e. The summed E-state index contributed by atoms with van der Waals surface area (Å²) in [6.07, 6.45) is 0. The van der Waals surface area contributed by atoms with Crippen LogP contribution in [0.1, 0.15) is 0 Å². The molecule has 0 aromatic carbocycles. The Morgan fingerprint density at radius 1 is 0.769 bits per heavy atom. The molecule has 13 heavy (non-hydrogen) atoms. The monoisotopic (exact) mass is 235 g/mol. The molecule has 0 aliphatic heterocycles. The van der Waals surface area contributed by atoms with Gasteiger partial charge in [0.2, 0.25) is 0 Å². The van der Waals surface area contributed by atoms with E-state index < -0.39 is 7.59 Å². The Balaban J connectivity index is -0.000000500. The van der Waals surface area contributed by atoms with Gasteiger partial charge in [-0.05, 0) is 42.3 Å². The van der Waals surface area contributed by atoms with Gasteiger partial charge in [-0.1, -0.05) is 0 Å². The van der Waals surface area contributed by atoms with E-state index in [9.17, 15) is 4.57 Å². The third-order valence-corrected chi connectivity index (χ3v) is 4.69. The first-order valence-electron chi connectivity index (χ1n) is 3.47. The summed E-state index contributed by atoms with van der Waals surface area (Å²) in [6, 6.07) is 0. The first kappa shape index (κ1) is 20.2. The van der Waals surface area contributed by atoms with E-state index in [0.29, 0.717) is 0 Å². The number of hydrogen-bond donors (Lipinski definition) is 0. The summed E-state index contributed by atoms with van der Waals surface area (Å²) in [5.74, 6) is 0.